The second-order valence-corrected chi connectivity index (χ2v) is 5.73. The molecule has 0 atom stereocenters. The first kappa shape index (κ1) is 18.4. The highest BCUT2D eigenvalue weighted by molar-refractivity contribution is 9.10. The van der Waals surface area contributed by atoms with E-state index in [9.17, 15) is 19.1 Å². The molecule has 0 spiro atoms. The van der Waals surface area contributed by atoms with Gasteiger partial charge in [0.15, 0.2) is 0 Å². The summed E-state index contributed by atoms with van der Waals surface area (Å²) < 4.78 is 13.5. The van der Waals surface area contributed by atoms with Crippen molar-refractivity contribution in [1.82, 2.24) is 10.7 Å². The zero-order valence-corrected chi connectivity index (χ0v) is 14.4. The molecule has 2 rings (SSSR count). The van der Waals surface area contributed by atoms with Crippen molar-refractivity contribution in [3.05, 3.63) is 58.3 Å². The van der Waals surface area contributed by atoms with Gasteiger partial charge in [-0.25, -0.2) is 14.6 Å². The van der Waals surface area contributed by atoms with E-state index in [-0.39, 0.29) is 12.3 Å². The van der Waals surface area contributed by atoms with Crippen molar-refractivity contribution in [2.75, 3.05) is 11.9 Å². The SMILES string of the molecule is O=C(CNC(=O)Nc1ccc(F)cc1)N/N=C/c1cc(Br)ccc1O. The van der Waals surface area contributed by atoms with Crippen LogP contribution in [-0.4, -0.2) is 29.8 Å². The summed E-state index contributed by atoms with van der Waals surface area (Å²) in [5.74, 6) is -0.960. The number of phenols is 1. The molecule has 130 valence electrons. The van der Waals surface area contributed by atoms with E-state index in [2.05, 4.69) is 37.1 Å². The number of phenolic OH excluding ortho intramolecular Hbond substituents is 1. The number of rotatable bonds is 5. The van der Waals surface area contributed by atoms with Crippen molar-refractivity contribution in [1.29, 1.82) is 0 Å². The van der Waals surface area contributed by atoms with Crippen LogP contribution in [0.5, 0.6) is 5.75 Å². The van der Waals surface area contributed by atoms with Gasteiger partial charge in [-0.15, -0.1) is 0 Å². The summed E-state index contributed by atoms with van der Waals surface area (Å²) in [6, 6.07) is 9.34. The Labute approximate surface area is 151 Å². The predicted molar refractivity (Wildman–Crippen MR) is 95.0 cm³/mol. The molecule has 0 unspecified atom stereocenters. The molecule has 0 aliphatic carbocycles. The van der Waals surface area contributed by atoms with E-state index < -0.39 is 17.8 Å². The molecule has 4 N–H and O–H groups in total. The molecular weight excluding hydrogens is 395 g/mol. The first-order valence-electron chi connectivity index (χ1n) is 7.05. The van der Waals surface area contributed by atoms with Crippen molar-refractivity contribution in [3.8, 4) is 5.75 Å². The highest BCUT2D eigenvalue weighted by Gasteiger charge is 2.05. The lowest BCUT2D eigenvalue weighted by Crippen LogP contribution is -2.37. The molecule has 0 aliphatic rings. The summed E-state index contributed by atoms with van der Waals surface area (Å²) in [4.78, 5) is 23.2. The van der Waals surface area contributed by atoms with Gasteiger partial charge in [-0.05, 0) is 42.5 Å². The van der Waals surface area contributed by atoms with Gasteiger partial charge in [-0.1, -0.05) is 15.9 Å². The molecule has 0 saturated heterocycles. The van der Waals surface area contributed by atoms with Crippen molar-refractivity contribution in [2.45, 2.75) is 0 Å². The third kappa shape index (κ3) is 6.22. The zero-order chi connectivity index (χ0) is 18.2. The number of nitrogens with zero attached hydrogens (tertiary/aromatic N) is 1. The molecule has 0 bridgehead atoms. The Morgan fingerprint density at radius 2 is 1.92 bits per heavy atom. The minimum absolute atomic E-state index is 0.0120. The minimum Gasteiger partial charge on any atom is -0.507 e. The van der Waals surface area contributed by atoms with Crippen LogP contribution in [0.2, 0.25) is 0 Å². The standard InChI is InChI=1S/C16H14BrFN4O3/c17-11-1-6-14(23)10(7-11)8-20-22-15(24)9-19-16(25)21-13-4-2-12(18)3-5-13/h1-8,23H,9H2,(H,22,24)(H2,19,21,25)/b20-8+. The molecule has 0 heterocycles. The molecule has 9 heteroatoms. The third-order valence-corrected chi connectivity index (χ3v) is 3.39. The average Bonchev–Trinajstić information content (AvgIpc) is 2.58. The number of urea groups is 1. The number of hydrazone groups is 1. The monoisotopic (exact) mass is 408 g/mol. The van der Waals surface area contributed by atoms with Crippen LogP contribution in [0, 0.1) is 5.82 Å². The molecule has 7 nitrogen and oxygen atoms in total. The maximum atomic E-state index is 12.8. The van der Waals surface area contributed by atoms with Crippen LogP contribution in [0.4, 0.5) is 14.9 Å². The van der Waals surface area contributed by atoms with Gasteiger partial charge in [0.2, 0.25) is 0 Å². The molecule has 0 radical (unpaired) electrons. The number of carbonyl (C=O) groups is 2. The Hall–Kier alpha value is -2.94. The number of hydrogen-bond donors (Lipinski definition) is 4. The molecule has 0 aliphatic heterocycles. The van der Waals surface area contributed by atoms with Crippen LogP contribution in [-0.2, 0) is 4.79 Å². The highest BCUT2D eigenvalue weighted by Crippen LogP contribution is 2.19. The average molecular weight is 409 g/mol. The van der Waals surface area contributed by atoms with Gasteiger partial charge < -0.3 is 15.7 Å². The second kappa shape index (κ2) is 8.78. The van der Waals surface area contributed by atoms with Gasteiger partial charge in [-0.2, -0.15) is 5.10 Å². The molecule has 25 heavy (non-hydrogen) atoms. The van der Waals surface area contributed by atoms with Crippen molar-refractivity contribution in [2.24, 2.45) is 5.10 Å². The Bertz CT molecular complexity index is 796. The zero-order valence-electron chi connectivity index (χ0n) is 12.8. The minimum atomic E-state index is -0.615. The van der Waals surface area contributed by atoms with Crippen molar-refractivity contribution < 1.29 is 19.1 Å². The molecule has 3 amide bonds. The fourth-order valence-corrected chi connectivity index (χ4v) is 2.09. The van der Waals surface area contributed by atoms with E-state index in [1.54, 1.807) is 12.1 Å². The lowest BCUT2D eigenvalue weighted by molar-refractivity contribution is -0.120. The number of hydrogen-bond acceptors (Lipinski definition) is 4. The van der Waals surface area contributed by atoms with Crippen LogP contribution < -0.4 is 16.1 Å². The molecule has 2 aromatic rings. The number of aromatic hydroxyl groups is 1. The van der Waals surface area contributed by atoms with Gasteiger partial charge in [0.25, 0.3) is 5.91 Å². The molecule has 0 fully saturated rings. The van der Waals surface area contributed by atoms with Crippen molar-refractivity contribution >= 4 is 39.8 Å². The summed E-state index contributed by atoms with van der Waals surface area (Å²) in [5.41, 5.74) is 3.02. The fourth-order valence-electron chi connectivity index (χ4n) is 1.71. The molecule has 0 saturated carbocycles. The summed E-state index contributed by atoms with van der Waals surface area (Å²) in [7, 11) is 0. The lowest BCUT2D eigenvalue weighted by atomic mass is 10.2. The number of carbonyl (C=O) groups excluding carboxylic acids is 2. The number of anilines is 1. The van der Waals surface area contributed by atoms with Gasteiger partial charge in [0, 0.05) is 15.7 Å². The largest absolute Gasteiger partial charge is 0.507 e. The fraction of sp³-hybridized carbons (Fsp3) is 0.0625. The normalized spacial score (nSPS) is 10.5. The quantitative estimate of drug-likeness (QED) is 0.451. The van der Waals surface area contributed by atoms with Gasteiger partial charge in [-0.3, -0.25) is 4.79 Å². The van der Waals surface area contributed by atoms with E-state index in [1.807, 2.05) is 0 Å². The number of halogens is 2. The van der Waals surface area contributed by atoms with Crippen LogP contribution in [0.1, 0.15) is 5.56 Å². The van der Waals surface area contributed by atoms with E-state index >= 15 is 0 Å². The van der Waals surface area contributed by atoms with Gasteiger partial charge in [0.1, 0.15) is 18.1 Å². The summed E-state index contributed by atoms with van der Waals surface area (Å²) in [6.45, 7) is -0.311. The Morgan fingerprint density at radius 3 is 2.64 bits per heavy atom. The maximum Gasteiger partial charge on any atom is 0.319 e. The van der Waals surface area contributed by atoms with Gasteiger partial charge in [0.05, 0.1) is 6.21 Å². The number of nitrogens with one attached hydrogen (secondary N) is 3. The maximum absolute atomic E-state index is 12.8. The van der Waals surface area contributed by atoms with Crippen LogP contribution in [0.25, 0.3) is 0 Å². The van der Waals surface area contributed by atoms with E-state index in [1.165, 1.54) is 36.5 Å². The third-order valence-electron chi connectivity index (χ3n) is 2.89. The topological polar surface area (TPSA) is 103 Å². The molecule has 2 aromatic carbocycles. The van der Waals surface area contributed by atoms with Gasteiger partial charge >= 0.3 is 6.03 Å². The van der Waals surface area contributed by atoms with Crippen LogP contribution in [0.3, 0.4) is 0 Å². The Balaban J connectivity index is 1.76. The van der Waals surface area contributed by atoms with Crippen LogP contribution >= 0.6 is 15.9 Å². The summed E-state index contributed by atoms with van der Waals surface area (Å²) in [6.07, 6.45) is 1.27. The smallest absolute Gasteiger partial charge is 0.319 e. The highest BCUT2D eigenvalue weighted by atomic mass is 79.9. The summed E-state index contributed by atoms with van der Waals surface area (Å²) >= 11 is 3.25. The van der Waals surface area contributed by atoms with E-state index in [0.29, 0.717) is 11.3 Å². The number of amides is 3. The van der Waals surface area contributed by atoms with E-state index in [4.69, 9.17) is 0 Å². The lowest BCUT2D eigenvalue weighted by Gasteiger charge is -2.06. The van der Waals surface area contributed by atoms with E-state index in [0.717, 1.165) is 4.47 Å². The van der Waals surface area contributed by atoms with Crippen molar-refractivity contribution in [3.63, 3.8) is 0 Å². The molecular formula is C16H14BrFN4O3. The van der Waals surface area contributed by atoms with Crippen LogP contribution in [0.15, 0.2) is 52.0 Å². The Kier molecular flexibility index (Phi) is 6.47. The number of benzene rings is 2. The molecule has 0 aromatic heterocycles. The second-order valence-electron chi connectivity index (χ2n) is 4.81. The Morgan fingerprint density at radius 1 is 1.20 bits per heavy atom. The first-order valence-corrected chi connectivity index (χ1v) is 7.84. The summed E-state index contributed by atoms with van der Waals surface area (Å²) in [5, 5.41) is 18.1. The predicted octanol–water partition coefficient (Wildman–Crippen LogP) is 2.57. The first-order chi connectivity index (χ1) is 11.9.